The minimum Gasteiger partial charge on any atom is -0.480 e. The lowest BCUT2D eigenvalue weighted by Crippen LogP contribution is -2.40. The summed E-state index contributed by atoms with van der Waals surface area (Å²) in [5.74, 6) is -1.12. The molecule has 2 N–H and O–H groups in total. The Balaban J connectivity index is 2.66. The largest absolute Gasteiger partial charge is 0.480 e. The summed E-state index contributed by atoms with van der Waals surface area (Å²) in [5.41, 5.74) is 0. The molecule has 1 aliphatic rings. The summed E-state index contributed by atoms with van der Waals surface area (Å²) in [5, 5.41) is 18.0. The number of aliphatic carboxylic acids is 1. The van der Waals surface area contributed by atoms with Crippen LogP contribution in [0.4, 0.5) is 4.79 Å². The molecule has 0 saturated carbocycles. The van der Waals surface area contributed by atoms with Gasteiger partial charge in [-0.25, -0.2) is 9.59 Å². The molecule has 1 saturated heterocycles. The van der Waals surface area contributed by atoms with Gasteiger partial charge in [0.2, 0.25) is 0 Å². The van der Waals surface area contributed by atoms with Gasteiger partial charge in [0, 0.05) is 6.42 Å². The summed E-state index contributed by atoms with van der Waals surface area (Å²) >= 11 is 0. The number of ether oxygens (including phenoxy) is 1. The highest BCUT2D eigenvalue weighted by molar-refractivity contribution is 5.80. The Hall–Kier alpha value is -1.30. The van der Waals surface area contributed by atoms with Crippen LogP contribution in [-0.2, 0) is 9.53 Å². The number of likely N-dealkylation sites (tertiary alicyclic amines) is 1. The van der Waals surface area contributed by atoms with E-state index in [-0.39, 0.29) is 19.6 Å². The molecule has 0 radical (unpaired) electrons. The van der Waals surface area contributed by atoms with Crippen LogP contribution < -0.4 is 0 Å². The van der Waals surface area contributed by atoms with E-state index in [2.05, 4.69) is 4.74 Å². The number of nitrogens with zero attached hydrogens (tertiary/aromatic N) is 1. The van der Waals surface area contributed by atoms with Gasteiger partial charge in [0.15, 0.2) is 0 Å². The van der Waals surface area contributed by atoms with Crippen molar-refractivity contribution in [3.8, 4) is 0 Å². The molecular weight excluding hydrogens is 190 g/mol. The molecule has 0 bridgehead atoms. The Bertz CT molecular complexity index is 242. The van der Waals surface area contributed by atoms with Crippen LogP contribution >= 0.6 is 0 Å². The zero-order chi connectivity index (χ0) is 10.7. The molecule has 1 amide bonds. The molecular formula is C8H13NO5. The number of aliphatic hydroxyl groups is 1. The first kappa shape index (κ1) is 10.8. The molecule has 14 heavy (non-hydrogen) atoms. The molecule has 1 rings (SSSR count). The third-order valence-electron chi connectivity index (χ3n) is 2.07. The topological polar surface area (TPSA) is 87.1 Å². The number of carbonyl (C=O) groups excluding carboxylic acids is 1. The lowest BCUT2D eigenvalue weighted by Gasteiger charge is -2.19. The van der Waals surface area contributed by atoms with Crippen molar-refractivity contribution in [2.24, 2.45) is 0 Å². The van der Waals surface area contributed by atoms with Crippen molar-refractivity contribution in [2.45, 2.75) is 25.5 Å². The third kappa shape index (κ3) is 2.14. The highest BCUT2D eigenvalue weighted by atomic mass is 16.6. The average Bonchev–Trinajstić information content (AvgIpc) is 2.48. The van der Waals surface area contributed by atoms with Gasteiger partial charge in [-0.2, -0.15) is 0 Å². The first-order valence-corrected chi connectivity index (χ1v) is 4.40. The molecule has 1 heterocycles. The molecule has 0 aliphatic carbocycles. The van der Waals surface area contributed by atoms with Gasteiger partial charge in [-0.1, -0.05) is 0 Å². The second kappa shape index (κ2) is 4.28. The minimum absolute atomic E-state index is 0.0236. The zero-order valence-electron chi connectivity index (χ0n) is 7.84. The SMILES string of the molecule is CCOC(=O)N1C[C@H](O)C[C@H]1C(=O)O. The van der Waals surface area contributed by atoms with Crippen molar-refractivity contribution < 1.29 is 24.5 Å². The minimum atomic E-state index is -1.12. The number of β-amino-alcohol motifs (C(OH)–C–C–N with tert-alkyl or cyclic N) is 1. The second-order valence-corrected chi connectivity index (χ2v) is 3.09. The van der Waals surface area contributed by atoms with Gasteiger partial charge in [-0.3, -0.25) is 4.90 Å². The standard InChI is InChI=1S/C8H13NO5/c1-2-14-8(13)9-4-5(10)3-6(9)7(11)12/h5-6,10H,2-4H2,1H3,(H,11,12)/t5-,6+/m1/s1. The lowest BCUT2D eigenvalue weighted by molar-refractivity contribution is -0.141. The molecule has 1 fully saturated rings. The van der Waals surface area contributed by atoms with Crippen LogP contribution in [0.5, 0.6) is 0 Å². The fourth-order valence-corrected chi connectivity index (χ4v) is 1.46. The van der Waals surface area contributed by atoms with E-state index in [9.17, 15) is 14.7 Å². The van der Waals surface area contributed by atoms with E-state index in [1.54, 1.807) is 6.92 Å². The Morgan fingerprint density at radius 1 is 1.57 bits per heavy atom. The highest BCUT2D eigenvalue weighted by Crippen LogP contribution is 2.18. The summed E-state index contributed by atoms with van der Waals surface area (Å²) in [6.07, 6.45) is -1.40. The van der Waals surface area contributed by atoms with Crippen LogP contribution in [0.3, 0.4) is 0 Å². The highest BCUT2D eigenvalue weighted by Gasteiger charge is 2.39. The quantitative estimate of drug-likeness (QED) is 0.641. The van der Waals surface area contributed by atoms with Gasteiger partial charge in [-0.15, -0.1) is 0 Å². The van der Waals surface area contributed by atoms with Gasteiger partial charge in [0.05, 0.1) is 19.3 Å². The van der Waals surface area contributed by atoms with Gasteiger partial charge >= 0.3 is 12.1 Å². The number of hydrogen-bond acceptors (Lipinski definition) is 4. The normalized spacial score (nSPS) is 26.3. The zero-order valence-corrected chi connectivity index (χ0v) is 7.84. The van der Waals surface area contributed by atoms with Crippen LogP contribution in [0.15, 0.2) is 0 Å². The first-order valence-electron chi connectivity index (χ1n) is 4.40. The van der Waals surface area contributed by atoms with Crippen molar-refractivity contribution >= 4 is 12.1 Å². The predicted octanol–water partition coefficient (Wildman–Crippen LogP) is -0.337. The van der Waals surface area contributed by atoms with Crippen LogP contribution in [0.25, 0.3) is 0 Å². The monoisotopic (exact) mass is 203 g/mol. The summed E-state index contributed by atoms with van der Waals surface area (Å²) in [7, 11) is 0. The Labute approximate surface area is 81.1 Å². The second-order valence-electron chi connectivity index (χ2n) is 3.09. The van der Waals surface area contributed by atoms with Crippen molar-refractivity contribution in [1.29, 1.82) is 0 Å². The summed E-state index contributed by atoms with van der Waals surface area (Å²) < 4.78 is 4.67. The Morgan fingerprint density at radius 2 is 2.21 bits per heavy atom. The van der Waals surface area contributed by atoms with Crippen molar-refractivity contribution in [2.75, 3.05) is 13.2 Å². The van der Waals surface area contributed by atoms with E-state index in [0.29, 0.717) is 0 Å². The van der Waals surface area contributed by atoms with E-state index >= 15 is 0 Å². The Kier molecular flexibility index (Phi) is 3.29. The molecule has 0 spiro atoms. The third-order valence-corrected chi connectivity index (χ3v) is 2.07. The smallest absolute Gasteiger partial charge is 0.410 e. The maximum Gasteiger partial charge on any atom is 0.410 e. The number of aliphatic hydroxyl groups excluding tert-OH is 1. The molecule has 2 atom stereocenters. The summed E-state index contributed by atoms with van der Waals surface area (Å²) in [6, 6.07) is -0.968. The van der Waals surface area contributed by atoms with E-state index in [1.165, 1.54) is 0 Å². The molecule has 0 aromatic carbocycles. The number of rotatable bonds is 2. The molecule has 80 valence electrons. The van der Waals surface area contributed by atoms with Gasteiger partial charge < -0.3 is 14.9 Å². The van der Waals surface area contributed by atoms with Crippen molar-refractivity contribution in [3.05, 3.63) is 0 Å². The molecule has 0 aromatic heterocycles. The van der Waals surface area contributed by atoms with E-state index in [1.807, 2.05) is 0 Å². The van der Waals surface area contributed by atoms with Crippen LogP contribution in [0.1, 0.15) is 13.3 Å². The van der Waals surface area contributed by atoms with E-state index in [4.69, 9.17) is 5.11 Å². The average molecular weight is 203 g/mol. The number of amides is 1. The van der Waals surface area contributed by atoms with Crippen LogP contribution in [0.2, 0.25) is 0 Å². The number of carboxylic acids is 1. The number of carboxylic acid groups (broad SMARTS) is 1. The summed E-state index contributed by atoms with van der Waals surface area (Å²) in [6.45, 7) is 1.85. The molecule has 0 unspecified atom stereocenters. The van der Waals surface area contributed by atoms with Crippen molar-refractivity contribution in [1.82, 2.24) is 4.90 Å². The maximum atomic E-state index is 11.2. The molecule has 0 aromatic rings. The molecule has 6 nitrogen and oxygen atoms in total. The maximum absolute atomic E-state index is 11.2. The first-order chi connectivity index (χ1) is 6.56. The molecule has 1 aliphatic heterocycles. The molecule has 6 heteroatoms. The predicted molar refractivity (Wildman–Crippen MR) is 45.8 cm³/mol. The fourth-order valence-electron chi connectivity index (χ4n) is 1.46. The lowest BCUT2D eigenvalue weighted by atomic mass is 10.2. The van der Waals surface area contributed by atoms with Gasteiger partial charge in [0.1, 0.15) is 6.04 Å². The fraction of sp³-hybridized carbons (Fsp3) is 0.750. The van der Waals surface area contributed by atoms with E-state index < -0.39 is 24.2 Å². The Morgan fingerprint density at radius 3 is 2.71 bits per heavy atom. The van der Waals surface area contributed by atoms with Gasteiger partial charge in [-0.05, 0) is 6.92 Å². The van der Waals surface area contributed by atoms with Gasteiger partial charge in [0.25, 0.3) is 0 Å². The van der Waals surface area contributed by atoms with Crippen molar-refractivity contribution in [3.63, 3.8) is 0 Å². The van der Waals surface area contributed by atoms with Crippen LogP contribution in [-0.4, -0.2) is 52.5 Å². The van der Waals surface area contributed by atoms with E-state index in [0.717, 1.165) is 4.90 Å². The number of hydrogen-bond donors (Lipinski definition) is 2. The number of carbonyl (C=O) groups is 2. The van der Waals surface area contributed by atoms with Crippen LogP contribution in [0, 0.1) is 0 Å². The summed E-state index contributed by atoms with van der Waals surface area (Å²) in [4.78, 5) is 23.0.